The van der Waals surface area contributed by atoms with Gasteiger partial charge in [0.15, 0.2) is 0 Å². The lowest BCUT2D eigenvalue weighted by atomic mass is 9.83. The van der Waals surface area contributed by atoms with Crippen molar-refractivity contribution in [1.29, 1.82) is 0 Å². The third-order valence-corrected chi connectivity index (χ3v) is 6.93. The summed E-state index contributed by atoms with van der Waals surface area (Å²) in [6, 6.07) is 16.6. The fourth-order valence-corrected chi connectivity index (χ4v) is 4.89. The molecular weight excluding hydrogens is 390 g/mol. The Hall–Kier alpha value is -2.17. The highest BCUT2D eigenvalue weighted by Gasteiger charge is 2.22. The molecule has 1 aliphatic carbocycles. The highest BCUT2D eigenvalue weighted by Crippen LogP contribution is 2.35. The Morgan fingerprint density at radius 2 is 1.63 bits per heavy atom. The van der Waals surface area contributed by atoms with Crippen LogP contribution in [0.15, 0.2) is 53.9 Å². The molecule has 0 spiro atoms. The topological polar surface area (TPSA) is 42.4 Å². The number of rotatable bonds is 7. The van der Waals surface area contributed by atoms with Crippen LogP contribution >= 0.6 is 11.3 Å². The van der Waals surface area contributed by atoms with Crippen LogP contribution in [0.3, 0.4) is 0 Å². The average molecular weight is 422 g/mol. The van der Waals surface area contributed by atoms with Crippen LogP contribution < -0.4 is 4.74 Å². The lowest BCUT2D eigenvalue weighted by Gasteiger charge is -2.26. The molecule has 1 atom stereocenters. The van der Waals surface area contributed by atoms with Crippen molar-refractivity contribution in [2.45, 2.75) is 64.6 Å². The van der Waals surface area contributed by atoms with E-state index in [0.29, 0.717) is 18.4 Å². The Bertz CT molecular complexity index is 924. The molecule has 3 nitrogen and oxygen atoms in total. The predicted molar refractivity (Wildman–Crippen MR) is 124 cm³/mol. The molecule has 0 radical (unpaired) electrons. The van der Waals surface area contributed by atoms with Crippen molar-refractivity contribution in [1.82, 2.24) is 4.98 Å². The minimum Gasteiger partial charge on any atom is -0.486 e. The van der Waals surface area contributed by atoms with Crippen LogP contribution in [0.4, 0.5) is 0 Å². The number of benzene rings is 2. The SMILES string of the molecule is CC(C)c1ccc(-c2csc(COc3ccc(C(O)C4CCCCC4)cc3)n2)cc1. The van der Waals surface area contributed by atoms with Crippen molar-refractivity contribution in [3.05, 3.63) is 70.0 Å². The Labute approximate surface area is 183 Å². The number of thiazole rings is 1. The van der Waals surface area contributed by atoms with Crippen molar-refractivity contribution in [2.24, 2.45) is 5.92 Å². The van der Waals surface area contributed by atoms with Crippen LogP contribution in [0.1, 0.15) is 74.1 Å². The van der Waals surface area contributed by atoms with E-state index in [2.05, 4.69) is 43.5 Å². The molecule has 30 heavy (non-hydrogen) atoms. The molecule has 1 N–H and O–H groups in total. The van der Waals surface area contributed by atoms with Crippen LogP contribution in [0.2, 0.25) is 0 Å². The quantitative estimate of drug-likeness (QED) is 0.441. The average Bonchev–Trinajstić information content (AvgIpc) is 3.27. The maximum atomic E-state index is 10.7. The molecule has 0 aliphatic heterocycles. The highest BCUT2D eigenvalue weighted by atomic mass is 32.1. The minimum absolute atomic E-state index is 0.358. The zero-order valence-electron chi connectivity index (χ0n) is 17.9. The van der Waals surface area contributed by atoms with Gasteiger partial charge in [0.25, 0.3) is 0 Å². The first-order valence-corrected chi connectivity index (χ1v) is 11.9. The van der Waals surface area contributed by atoms with Gasteiger partial charge >= 0.3 is 0 Å². The Kier molecular flexibility index (Phi) is 6.86. The molecule has 1 aromatic heterocycles. The normalized spacial score (nSPS) is 16.0. The summed E-state index contributed by atoms with van der Waals surface area (Å²) >= 11 is 1.62. The number of nitrogens with zero attached hydrogens (tertiary/aromatic N) is 1. The maximum Gasteiger partial charge on any atom is 0.140 e. The van der Waals surface area contributed by atoms with Crippen LogP contribution in [-0.4, -0.2) is 10.1 Å². The van der Waals surface area contributed by atoms with E-state index in [9.17, 15) is 5.11 Å². The van der Waals surface area contributed by atoms with E-state index in [1.807, 2.05) is 24.3 Å². The lowest BCUT2D eigenvalue weighted by Crippen LogP contribution is -2.15. The molecule has 0 saturated heterocycles. The van der Waals surface area contributed by atoms with Crippen LogP contribution in [0, 0.1) is 5.92 Å². The molecule has 1 aliphatic rings. The van der Waals surface area contributed by atoms with Gasteiger partial charge in [0.1, 0.15) is 17.4 Å². The van der Waals surface area contributed by atoms with Crippen molar-refractivity contribution in [2.75, 3.05) is 0 Å². The van der Waals surface area contributed by atoms with Crippen LogP contribution in [0.5, 0.6) is 5.75 Å². The Morgan fingerprint density at radius 3 is 2.30 bits per heavy atom. The summed E-state index contributed by atoms with van der Waals surface area (Å²) in [5.41, 5.74) is 4.48. The van der Waals surface area contributed by atoms with Crippen molar-refractivity contribution in [3.63, 3.8) is 0 Å². The van der Waals surface area contributed by atoms with E-state index in [4.69, 9.17) is 9.72 Å². The molecule has 0 bridgehead atoms. The molecule has 1 unspecified atom stereocenters. The van der Waals surface area contributed by atoms with E-state index < -0.39 is 0 Å². The summed E-state index contributed by atoms with van der Waals surface area (Å²) in [7, 11) is 0. The number of aliphatic hydroxyl groups excluding tert-OH is 1. The summed E-state index contributed by atoms with van der Waals surface area (Å²) in [6.45, 7) is 4.87. The molecule has 3 aromatic rings. The first-order valence-electron chi connectivity index (χ1n) is 11.1. The zero-order chi connectivity index (χ0) is 20.9. The Morgan fingerprint density at radius 1 is 0.967 bits per heavy atom. The molecular formula is C26H31NO2S. The molecule has 1 fully saturated rings. The van der Waals surface area contributed by atoms with Gasteiger partial charge in [-0.15, -0.1) is 11.3 Å². The number of hydrogen-bond acceptors (Lipinski definition) is 4. The molecule has 0 amide bonds. The van der Waals surface area contributed by atoms with Gasteiger partial charge in [0, 0.05) is 10.9 Å². The summed E-state index contributed by atoms with van der Waals surface area (Å²) in [5, 5.41) is 13.7. The summed E-state index contributed by atoms with van der Waals surface area (Å²) < 4.78 is 5.94. The van der Waals surface area contributed by atoms with E-state index in [-0.39, 0.29) is 6.10 Å². The van der Waals surface area contributed by atoms with Gasteiger partial charge in [-0.2, -0.15) is 0 Å². The first-order chi connectivity index (χ1) is 14.6. The second-order valence-electron chi connectivity index (χ2n) is 8.60. The molecule has 4 heteroatoms. The first kappa shape index (κ1) is 21.1. The van der Waals surface area contributed by atoms with Gasteiger partial charge in [0.05, 0.1) is 11.8 Å². The zero-order valence-corrected chi connectivity index (χ0v) is 18.7. The Balaban J connectivity index is 1.33. The predicted octanol–water partition coefficient (Wildman–Crippen LogP) is 7.13. The standard InChI is InChI=1S/C26H31NO2S/c1-18(2)19-8-10-20(11-9-19)24-17-30-25(27-24)16-29-23-14-12-22(13-15-23)26(28)21-6-4-3-5-7-21/h8-15,17-18,21,26,28H,3-7,16H2,1-2H3. The van der Waals surface area contributed by atoms with Crippen molar-refractivity contribution < 1.29 is 9.84 Å². The summed E-state index contributed by atoms with van der Waals surface area (Å²) in [6.07, 6.45) is 5.68. The fourth-order valence-electron chi connectivity index (χ4n) is 4.18. The fraction of sp³-hybridized carbons (Fsp3) is 0.423. The third-order valence-electron chi connectivity index (χ3n) is 6.11. The molecule has 2 aromatic carbocycles. The van der Waals surface area contributed by atoms with E-state index in [1.54, 1.807) is 11.3 Å². The monoisotopic (exact) mass is 421 g/mol. The van der Waals surface area contributed by atoms with Crippen molar-refractivity contribution >= 4 is 11.3 Å². The summed E-state index contributed by atoms with van der Waals surface area (Å²) in [4.78, 5) is 4.73. The number of aromatic nitrogens is 1. The molecule has 1 heterocycles. The number of ether oxygens (including phenoxy) is 1. The molecule has 1 saturated carbocycles. The van der Waals surface area contributed by atoms with Gasteiger partial charge in [-0.05, 0) is 47.9 Å². The van der Waals surface area contributed by atoms with E-state index >= 15 is 0 Å². The van der Waals surface area contributed by atoms with Gasteiger partial charge in [-0.3, -0.25) is 0 Å². The van der Waals surface area contributed by atoms with E-state index in [1.165, 1.54) is 24.8 Å². The van der Waals surface area contributed by atoms with Gasteiger partial charge in [0.2, 0.25) is 0 Å². The van der Waals surface area contributed by atoms with Crippen LogP contribution in [-0.2, 0) is 6.61 Å². The van der Waals surface area contributed by atoms with Crippen molar-refractivity contribution in [3.8, 4) is 17.0 Å². The van der Waals surface area contributed by atoms with E-state index in [0.717, 1.165) is 40.4 Å². The second kappa shape index (κ2) is 9.76. The van der Waals surface area contributed by atoms with Gasteiger partial charge in [-0.25, -0.2) is 4.98 Å². The second-order valence-corrected chi connectivity index (χ2v) is 9.55. The third kappa shape index (κ3) is 5.11. The number of aliphatic hydroxyl groups is 1. The van der Waals surface area contributed by atoms with Gasteiger partial charge < -0.3 is 9.84 Å². The summed E-state index contributed by atoms with van der Waals surface area (Å²) in [5.74, 6) is 1.75. The smallest absolute Gasteiger partial charge is 0.140 e. The molecule has 158 valence electrons. The maximum absolute atomic E-state index is 10.7. The number of hydrogen-bond donors (Lipinski definition) is 1. The largest absolute Gasteiger partial charge is 0.486 e. The highest BCUT2D eigenvalue weighted by molar-refractivity contribution is 7.09. The van der Waals surface area contributed by atoms with Crippen LogP contribution in [0.25, 0.3) is 11.3 Å². The minimum atomic E-state index is -0.358. The molecule has 4 rings (SSSR count). The lowest BCUT2D eigenvalue weighted by molar-refractivity contribution is 0.0848. The van der Waals surface area contributed by atoms with Gasteiger partial charge in [-0.1, -0.05) is 69.5 Å².